The summed E-state index contributed by atoms with van der Waals surface area (Å²) < 4.78 is 1.06. The van der Waals surface area contributed by atoms with E-state index in [9.17, 15) is 4.79 Å². The van der Waals surface area contributed by atoms with Crippen molar-refractivity contribution in [1.29, 1.82) is 0 Å². The summed E-state index contributed by atoms with van der Waals surface area (Å²) in [7, 11) is 0. The highest BCUT2D eigenvalue weighted by atomic mass is 79.9. The fraction of sp³-hybridized carbons (Fsp3) is 0.588. The third-order valence-corrected chi connectivity index (χ3v) is 5.61. The van der Waals surface area contributed by atoms with Gasteiger partial charge in [-0.3, -0.25) is 4.79 Å². The van der Waals surface area contributed by atoms with Gasteiger partial charge in [0.2, 0.25) is 5.91 Å². The average molecular weight is 385 g/mol. The molecule has 1 heterocycles. The number of hydrogen-bond acceptors (Lipinski definition) is 3. The maximum atomic E-state index is 12.3. The second kappa shape index (κ2) is 8.94. The molecule has 1 saturated heterocycles. The molecule has 0 unspecified atom stereocenters. The number of hydrogen-bond donors (Lipinski definition) is 1. The molecule has 0 bridgehead atoms. The Hall–Kier alpha value is -0.520. The van der Waals surface area contributed by atoms with E-state index >= 15 is 0 Å². The number of nitrogens with one attached hydrogen (secondary N) is 1. The number of likely N-dealkylation sites (tertiary alicyclic amines) is 1. The predicted octanol–water partition coefficient (Wildman–Crippen LogP) is 3.92. The van der Waals surface area contributed by atoms with E-state index in [0.29, 0.717) is 6.04 Å². The van der Waals surface area contributed by atoms with E-state index < -0.39 is 0 Å². The monoisotopic (exact) mass is 384 g/mol. The van der Waals surface area contributed by atoms with Crippen molar-refractivity contribution in [2.75, 3.05) is 19.6 Å². The highest BCUT2D eigenvalue weighted by Crippen LogP contribution is 2.25. The molecule has 3 nitrogen and oxygen atoms in total. The summed E-state index contributed by atoms with van der Waals surface area (Å²) in [5.41, 5.74) is 0. The van der Waals surface area contributed by atoms with Crippen molar-refractivity contribution in [2.24, 2.45) is 0 Å². The van der Waals surface area contributed by atoms with E-state index in [1.807, 2.05) is 31.2 Å². The molecule has 0 saturated carbocycles. The number of carbonyl (C=O) groups excluding carboxylic acids is 1. The first-order valence-electron chi connectivity index (χ1n) is 8.03. The lowest BCUT2D eigenvalue weighted by Crippen LogP contribution is -2.46. The second-order valence-corrected chi connectivity index (χ2v) is 8.17. The molecule has 5 heteroatoms. The van der Waals surface area contributed by atoms with Crippen molar-refractivity contribution in [3.05, 3.63) is 28.7 Å². The molecule has 2 rings (SSSR count). The molecule has 1 N–H and O–H groups in total. The Bertz CT molecular complexity index is 472. The van der Waals surface area contributed by atoms with Gasteiger partial charge >= 0.3 is 0 Å². The van der Waals surface area contributed by atoms with Gasteiger partial charge in [0.15, 0.2) is 0 Å². The first-order valence-corrected chi connectivity index (χ1v) is 9.70. The SMILES string of the molecule is CCCN1CCC(NC(=O)[C@H](C)Sc2ccc(Br)cc2)CC1. The van der Waals surface area contributed by atoms with Crippen LogP contribution in [0.25, 0.3) is 0 Å². The number of rotatable bonds is 6. The van der Waals surface area contributed by atoms with Crippen molar-refractivity contribution in [3.63, 3.8) is 0 Å². The molecule has 1 aliphatic heterocycles. The smallest absolute Gasteiger partial charge is 0.233 e. The Morgan fingerprint density at radius 2 is 2.00 bits per heavy atom. The summed E-state index contributed by atoms with van der Waals surface area (Å²) in [6, 6.07) is 8.45. The van der Waals surface area contributed by atoms with Crippen LogP contribution in [0.5, 0.6) is 0 Å². The Labute approximate surface area is 146 Å². The van der Waals surface area contributed by atoms with E-state index in [2.05, 4.69) is 33.1 Å². The fourth-order valence-electron chi connectivity index (χ4n) is 2.71. The van der Waals surface area contributed by atoms with Gasteiger partial charge in [0, 0.05) is 28.5 Å². The molecule has 1 aromatic carbocycles. The van der Waals surface area contributed by atoms with Crippen LogP contribution in [-0.2, 0) is 4.79 Å². The van der Waals surface area contributed by atoms with Gasteiger partial charge in [-0.25, -0.2) is 0 Å². The lowest BCUT2D eigenvalue weighted by Gasteiger charge is -2.32. The molecule has 1 aromatic rings. The second-order valence-electron chi connectivity index (χ2n) is 5.84. The summed E-state index contributed by atoms with van der Waals surface area (Å²) in [6.07, 6.45) is 3.35. The molecule has 0 radical (unpaired) electrons. The third-order valence-electron chi connectivity index (χ3n) is 3.97. The van der Waals surface area contributed by atoms with Crippen molar-refractivity contribution >= 4 is 33.6 Å². The molecule has 1 amide bonds. The van der Waals surface area contributed by atoms with E-state index in [0.717, 1.165) is 35.3 Å². The fourth-order valence-corrected chi connectivity index (χ4v) is 3.85. The number of benzene rings is 1. The van der Waals surface area contributed by atoms with Crippen LogP contribution in [0.15, 0.2) is 33.6 Å². The Kier molecular flexibility index (Phi) is 7.25. The largest absolute Gasteiger partial charge is 0.352 e. The van der Waals surface area contributed by atoms with Crippen LogP contribution >= 0.6 is 27.7 Å². The Morgan fingerprint density at radius 3 is 2.59 bits per heavy atom. The van der Waals surface area contributed by atoms with Gasteiger partial charge in [-0.2, -0.15) is 0 Å². The number of amides is 1. The Balaban J connectivity index is 1.76. The summed E-state index contributed by atoms with van der Waals surface area (Å²) in [5, 5.41) is 3.16. The molecule has 1 atom stereocenters. The lowest BCUT2D eigenvalue weighted by molar-refractivity contribution is -0.121. The summed E-state index contributed by atoms with van der Waals surface area (Å²) in [6.45, 7) is 7.58. The van der Waals surface area contributed by atoms with Gasteiger partial charge in [-0.05, 0) is 57.0 Å². The first-order chi connectivity index (χ1) is 10.6. The summed E-state index contributed by atoms with van der Waals surface area (Å²) >= 11 is 5.04. The standard InChI is InChI=1S/C17H25BrN2OS/c1-3-10-20-11-8-15(9-12-20)19-17(21)13(2)22-16-6-4-14(18)5-7-16/h4-7,13,15H,3,8-12H2,1-2H3,(H,19,21)/t13-/m0/s1. The van der Waals surface area contributed by atoms with E-state index in [1.165, 1.54) is 13.0 Å². The van der Waals surface area contributed by atoms with Crippen LogP contribution in [0.1, 0.15) is 33.1 Å². The highest BCUT2D eigenvalue weighted by molar-refractivity contribution is 9.10. The normalized spacial score (nSPS) is 18.1. The van der Waals surface area contributed by atoms with Crippen LogP contribution < -0.4 is 5.32 Å². The van der Waals surface area contributed by atoms with Gasteiger partial charge in [0.25, 0.3) is 0 Å². The van der Waals surface area contributed by atoms with Crippen LogP contribution in [0.4, 0.5) is 0 Å². The molecule has 22 heavy (non-hydrogen) atoms. The Morgan fingerprint density at radius 1 is 1.36 bits per heavy atom. The summed E-state index contributed by atoms with van der Waals surface area (Å²) in [5.74, 6) is 0.155. The number of thioether (sulfide) groups is 1. The minimum Gasteiger partial charge on any atom is -0.352 e. The van der Waals surface area contributed by atoms with Gasteiger partial charge in [-0.15, -0.1) is 11.8 Å². The average Bonchev–Trinajstić information content (AvgIpc) is 2.51. The van der Waals surface area contributed by atoms with Crippen LogP contribution in [-0.4, -0.2) is 41.7 Å². The number of halogens is 1. The molecule has 1 aliphatic rings. The van der Waals surface area contributed by atoms with Crippen molar-refractivity contribution in [3.8, 4) is 0 Å². The van der Waals surface area contributed by atoms with Gasteiger partial charge in [-0.1, -0.05) is 22.9 Å². The molecular formula is C17H25BrN2OS. The van der Waals surface area contributed by atoms with Gasteiger partial charge in [0.1, 0.15) is 0 Å². The van der Waals surface area contributed by atoms with Crippen molar-refractivity contribution in [1.82, 2.24) is 10.2 Å². The minimum absolute atomic E-state index is 0.0603. The third kappa shape index (κ3) is 5.60. The van der Waals surface area contributed by atoms with Crippen LogP contribution in [0, 0.1) is 0 Å². The van der Waals surface area contributed by atoms with Crippen LogP contribution in [0.2, 0.25) is 0 Å². The van der Waals surface area contributed by atoms with E-state index in [-0.39, 0.29) is 11.2 Å². The minimum atomic E-state index is -0.0603. The maximum absolute atomic E-state index is 12.3. The molecule has 0 spiro atoms. The number of carbonyl (C=O) groups is 1. The van der Waals surface area contributed by atoms with E-state index in [1.54, 1.807) is 11.8 Å². The van der Waals surface area contributed by atoms with Crippen LogP contribution in [0.3, 0.4) is 0 Å². The zero-order chi connectivity index (χ0) is 15.9. The highest BCUT2D eigenvalue weighted by Gasteiger charge is 2.22. The molecule has 1 fully saturated rings. The molecule has 122 valence electrons. The van der Waals surface area contributed by atoms with Crippen molar-refractivity contribution < 1.29 is 4.79 Å². The number of piperidine rings is 1. The predicted molar refractivity (Wildman–Crippen MR) is 97.4 cm³/mol. The topological polar surface area (TPSA) is 32.3 Å². The quantitative estimate of drug-likeness (QED) is 0.754. The molecular weight excluding hydrogens is 360 g/mol. The zero-order valence-corrected chi connectivity index (χ0v) is 15.8. The molecule has 0 aliphatic carbocycles. The van der Waals surface area contributed by atoms with Crippen molar-refractivity contribution in [2.45, 2.75) is 49.3 Å². The first kappa shape index (κ1) is 17.8. The lowest BCUT2D eigenvalue weighted by atomic mass is 10.0. The zero-order valence-electron chi connectivity index (χ0n) is 13.3. The number of nitrogens with zero attached hydrogens (tertiary/aromatic N) is 1. The van der Waals surface area contributed by atoms with Gasteiger partial charge in [0.05, 0.1) is 5.25 Å². The molecule has 0 aromatic heterocycles. The summed E-state index contributed by atoms with van der Waals surface area (Å²) in [4.78, 5) is 16.0. The van der Waals surface area contributed by atoms with E-state index in [4.69, 9.17) is 0 Å². The van der Waals surface area contributed by atoms with Gasteiger partial charge < -0.3 is 10.2 Å². The maximum Gasteiger partial charge on any atom is 0.233 e.